The number of carbonyl (C=O) groups is 1. The highest BCUT2D eigenvalue weighted by atomic mass is 79.9. The first kappa shape index (κ1) is 20.0. The molecule has 1 aliphatic heterocycles. The average molecular weight is 412 g/mol. The largest absolute Gasteiger partial charge is 0.492 e. The van der Waals surface area contributed by atoms with E-state index in [1.54, 1.807) is 0 Å². The lowest BCUT2D eigenvalue weighted by Gasteiger charge is -2.32. The molecule has 0 spiro atoms. The van der Waals surface area contributed by atoms with Crippen molar-refractivity contribution in [3.05, 3.63) is 28.2 Å². The van der Waals surface area contributed by atoms with Crippen LogP contribution >= 0.6 is 15.9 Å². The number of amides is 2. The topological polar surface area (TPSA) is 44.8 Å². The second-order valence-electron chi connectivity index (χ2n) is 7.62. The van der Waals surface area contributed by atoms with Crippen molar-refractivity contribution in [2.24, 2.45) is 0 Å². The van der Waals surface area contributed by atoms with E-state index in [-0.39, 0.29) is 11.4 Å². The van der Waals surface area contributed by atoms with Gasteiger partial charge in [0.15, 0.2) is 0 Å². The second kappa shape index (κ2) is 8.90. The summed E-state index contributed by atoms with van der Waals surface area (Å²) >= 11 is 3.58. The van der Waals surface area contributed by atoms with Crippen LogP contribution in [0.1, 0.15) is 32.8 Å². The number of halogens is 1. The zero-order valence-electron chi connectivity index (χ0n) is 15.8. The molecular formula is C19H30BrN3O2. The number of hydrogen-bond donors (Lipinski definition) is 1. The van der Waals surface area contributed by atoms with Crippen LogP contribution in [0.4, 0.5) is 4.79 Å². The van der Waals surface area contributed by atoms with Crippen LogP contribution in [0.25, 0.3) is 0 Å². The summed E-state index contributed by atoms with van der Waals surface area (Å²) in [6.07, 6.45) is 0.785. The van der Waals surface area contributed by atoms with Gasteiger partial charge in [0.05, 0.1) is 11.1 Å². The van der Waals surface area contributed by atoms with E-state index < -0.39 is 0 Å². The van der Waals surface area contributed by atoms with Crippen molar-refractivity contribution in [1.82, 2.24) is 15.1 Å². The van der Waals surface area contributed by atoms with Crippen molar-refractivity contribution >= 4 is 22.0 Å². The van der Waals surface area contributed by atoms with Crippen LogP contribution in [-0.2, 0) is 5.41 Å². The molecule has 0 unspecified atom stereocenters. The van der Waals surface area contributed by atoms with Crippen molar-refractivity contribution in [1.29, 1.82) is 0 Å². The average Bonchev–Trinajstić information content (AvgIpc) is 2.55. The molecule has 140 valence electrons. The molecule has 0 saturated carbocycles. The van der Waals surface area contributed by atoms with E-state index in [0.717, 1.165) is 42.8 Å². The van der Waals surface area contributed by atoms with E-state index in [1.807, 2.05) is 11.0 Å². The fourth-order valence-electron chi connectivity index (χ4n) is 2.66. The quantitative estimate of drug-likeness (QED) is 0.754. The molecular weight excluding hydrogens is 382 g/mol. The maximum absolute atomic E-state index is 12.1. The normalized spacial score (nSPS) is 16.0. The van der Waals surface area contributed by atoms with Crippen LogP contribution in [0.3, 0.4) is 0 Å². The van der Waals surface area contributed by atoms with Crippen molar-refractivity contribution in [3.63, 3.8) is 0 Å². The number of likely N-dealkylation sites (N-methyl/N-ethyl adjacent to an activating group) is 1. The minimum atomic E-state index is 0.0313. The van der Waals surface area contributed by atoms with Crippen LogP contribution in [0.5, 0.6) is 5.75 Å². The van der Waals surface area contributed by atoms with Crippen molar-refractivity contribution in [2.75, 3.05) is 46.4 Å². The Morgan fingerprint density at radius 2 is 1.92 bits per heavy atom. The SMILES string of the molecule is CN1CCN(C(=O)NCCCOc2ccc(C(C)(C)C)cc2Br)CC1. The number of ether oxygens (including phenoxy) is 1. The highest BCUT2D eigenvalue weighted by molar-refractivity contribution is 9.10. The molecule has 2 amide bonds. The van der Waals surface area contributed by atoms with E-state index in [1.165, 1.54) is 5.56 Å². The summed E-state index contributed by atoms with van der Waals surface area (Å²) in [5.41, 5.74) is 1.39. The van der Waals surface area contributed by atoms with Crippen molar-refractivity contribution < 1.29 is 9.53 Å². The zero-order chi connectivity index (χ0) is 18.4. The molecule has 6 heteroatoms. The molecule has 0 aromatic heterocycles. The Morgan fingerprint density at radius 3 is 2.52 bits per heavy atom. The molecule has 1 aromatic rings. The van der Waals surface area contributed by atoms with Gasteiger partial charge in [-0.1, -0.05) is 26.8 Å². The zero-order valence-corrected chi connectivity index (χ0v) is 17.4. The number of nitrogens with one attached hydrogen (secondary N) is 1. The Balaban J connectivity index is 1.68. The highest BCUT2D eigenvalue weighted by Crippen LogP contribution is 2.31. The van der Waals surface area contributed by atoms with Gasteiger partial charge in [0.1, 0.15) is 5.75 Å². The molecule has 1 aliphatic rings. The predicted octanol–water partition coefficient (Wildman–Crippen LogP) is 3.47. The lowest BCUT2D eigenvalue weighted by Crippen LogP contribution is -2.50. The maximum atomic E-state index is 12.1. The third kappa shape index (κ3) is 6.19. The summed E-state index contributed by atoms with van der Waals surface area (Å²) in [5.74, 6) is 0.846. The number of carbonyl (C=O) groups excluding carboxylic acids is 1. The standard InChI is InChI=1S/C19H30BrN3O2/c1-19(2,3)15-6-7-17(16(20)14-15)25-13-5-8-21-18(24)23-11-9-22(4)10-12-23/h6-7,14H,5,8-13H2,1-4H3,(H,21,24). The van der Waals surface area contributed by atoms with E-state index in [0.29, 0.717) is 13.2 Å². The van der Waals surface area contributed by atoms with Gasteiger partial charge in [0.25, 0.3) is 0 Å². The van der Waals surface area contributed by atoms with E-state index >= 15 is 0 Å². The molecule has 1 aromatic carbocycles. The number of rotatable bonds is 5. The molecule has 1 saturated heterocycles. The fraction of sp³-hybridized carbons (Fsp3) is 0.632. The van der Waals surface area contributed by atoms with Gasteiger partial charge in [-0.05, 0) is 52.5 Å². The fourth-order valence-corrected chi connectivity index (χ4v) is 3.15. The monoisotopic (exact) mass is 411 g/mol. The van der Waals surface area contributed by atoms with Gasteiger partial charge in [-0.25, -0.2) is 4.79 Å². The molecule has 2 rings (SSSR count). The lowest BCUT2D eigenvalue weighted by molar-refractivity contribution is 0.154. The van der Waals surface area contributed by atoms with Gasteiger partial charge >= 0.3 is 6.03 Å². The molecule has 25 heavy (non-hydrogen) atoms. The predicted molar refractivity (Wildman–Crippen MR) is 105 cm³/mol. The molecule has 1 fully saturated rings. The Kier molecular flexibility index (Phi) is 7.14. The minimum Gasteiger partial charge on any atom is -0.492 e. The Hall–Kier alpha value is -1.27. The summed E-state index contributed by atoms with van der Waals surface area (Å²) in [6, 6.07) is 6.26. The summed E-state index contributed by atoms with van der Waals surface area (Å²) in [5, 5.41) is 2.97. The third-order valence-electron chi connectivity index (χ3n) is 4.44. The number of hydrogen-bond acceptors (Lipinski definition) is 3. The van der Waals surface area contributed by atoms with Gasteiger partial charge in [0, 0.05) is 32.7 Å². The van der Waals surface area contributed by atoms with Crippen LogP contribution < -0.4 is 10.1 Å². The maximum Gasteiger partial charge on any atom is 0.317 e. The smallest absolute Gasteiger partial charge is 0.317 e. The summed E-state index contributed by atoms with van der Waals surface area (Å²) in [4.78, 5) is 16.2. The first-order valence-corrected chi connectivity index (χ1v) is 9.71. The molecule has 0 radical (unpaired) electrons. The van der Waals surface area contributed by atoms with Crippen LogP contribution in [0.15, 0.2) is 22.7 Å². The third-order valence-corrected chi connectivity index (χ3v) is 5.06. The molecule has 0 atom stereocenters. The van der Waals surface area contributed by atoms with Crippen molar-refractivity contribution in [3.8, 4) is 5.75 Å². The van der Waals surface area contributed by atoms with E-state index in [4.69, 9.17) is 4.74 Å². The summed E-state index contributed by atoms with van der Waals surface area (Å²) < 4.78 is 6.80. The summed E-state index contributed by atoms with van der Waals surface area (Å²) in [7, 11) is 2.08. The summed E-state index contributed by atoms with van der Waals surface area (Å²) in [6.45, 7) is 11.3. The number of nitrogens with zero attached hydrogens (tertiary/aromatic N) is 2. The van der Waals surface area contributed by atoms with Crippen LogP contribution in [0.2, 0.25) is 0 Å². The molecule has 1 N–H and O–H groups in total. The second-order valence-corrected chi connectivity index (χ2v) is 8.47. The molecule has 1 heterocycles. The van der Waals surface area contributed by atoms with Crippen LogP contribution in [-0.4, -0.2) is 62.2 Å². The van der Waals surface area contributed by atoms with E-state index in [9.17, 15) is 4.79 Å². The van der Waals surface area contributed by atoms with Gasteiger partial charge in [0.2, 0.25) is 0 Å². The number of piperazine rings is 1. The van der Waals surface area contributed by atoms with Crippen LogP contribution in [0, 0.1) is 0 Å². The number of urea groups is 1. The number of benzene rings is 1. The van der Waals surface area contributed by atoms with Crippen molar-refractivity contribution in [2.45, 2.75) is 32.6 Å². The highest BCUT2D eigenvalue weighted by Gasteiger charge is 2.18. The Morgan fingerprint density at radius 1 is 1.24 bits per heavy atom. The minimum absolute atomic E-state index is 0.0313. The Labute approximate surface area is 159 Å². The lowest BCUT2D eigenvalue weighted by atomic mass is 9.87. The van der Waals surface area contributed by atoms with Gasteiger partial charge in [-0.3, -0.25) is 0 Å². The van der Waals surface area contributed by atoms with Gasteiger partial charge < -0.3 is 19.9 Å². The first-order chi connectivity index (χ1) is 11.8. The van der Waals surface area contributed by atoms with E-state index in [2.05, 4.69) is 66.1 Å². The van der Waals surface area contributed by atoms with Gasteiger partial charge in [-0.2, -0.15) is 0 Å². The molecule has 0 bridgehead atoms. The van der Waals surface area contributed by atoms with Gasteiger partial charge in [-0.15, -0.1) is 0 Å². The Bertz CT molecular complexity index is 579. The molecule has 0 aliphatic carbocycles. The molecule has 5 nitrogen and oxygen atoms in total. The first-order valence-electron chi connectivity index (χ1n) is 8.91.